The maximum atomic E-state index is 12.0. The van der Waals surface area contributed by atoms with Crippen molar-refractivity contribution in [2.24, 2.45) is 0 Å². The average Bonchev–Trinajstić information content (AvgIpc) is 2.54. The summed E-state index contributed by atoms with van der Waals surface area (Å²) in [4.78, 5) is 12.0. The van der Waals surface area contributed by atoms with Gasteiger partial charge in [0.1, 0.15) is 0 Å². The Bertz CT molecular complexity index is 487. The van der Waals surface area contributed by atoms with Crippen LogP contribution in [0, 0.1) is 0 Å². The Morgan fingerprint density at radius 1 is 1.36 bits per heavy atom. The van der Waals surface area contributed by atoms with Crippen LogP contribution in [0.4, 0.5) is 0 Å². The monoisotopic (exact) mass is 324 g/mol. The van der Waals surface area contributed by atoms with Crippen LogP contribution in [0.15, 0.2) is 24.3 Å². The molecule has 22 heavy (non-hydrogen) atoms. The molecule has 0 saturated carbocycles. The van der Waals surface area contributed by atoms with Gasteiger partial charge in [-0.1, -0.05) is 23.7 Å². The smallest absolute Gasteiger partial charge is 0.220 e. The standard InChI is InChI=1S/C17H25ClN2O2/c1-19-9-3-6-16(21)20-13-17(7-10-22-11-8-17)14-4-2-5-15(18)12-14/h2,4-5,12,19H,3,6-11,13H2,1H3,(H,20,21). The number of nitrogens with one attached hydrogen (secondary N) is 2. The van der Waals surface area contributed by atoms with E-state index in [0.29, 0.717) is 13.0 Å². The number of amides is 1. The highest BCUT2D eigenvalue weighted by atomic mass is 35.5. The predicted molar refractivity (Wildman–Crippen MR) is 89.4 cm³/mol. The molecular formula is C17H25ClN2O2. The lowest BCUT2D eigenvalue weighted by molar-refractivity contribution is -0.121. The molecule has 1 aliphatic rings. The van der Waals surface area contributed by atoms with Gasteiger partial charge in [0.25, 0.3) is 0 Å². The van der Waals surface area contributed by atoms with Gasteiger partial charge in [0.15, 0.2) is 0 Å². The van der Waals surface area contributed by atoms with Crippen LogP contribution in [-0.4, -0.2) is 39.3 Å². The van der Waals surface area contributed by atoms with E-state index in [9.17, 15) is 4.79 Å². The number of ether oxygens (including phenoxy) is 1. The highest BCUT2D eigenvalue weighted by Gasteiger charge is 2.34. The molecule has 1 fully saturated rings. The van der Waals surface area contributed by atoms with Crippen LogP contribution in [0.3, 0.4) is 0 Å². The summed E-state index contributed by atoms with van der Waals surface area (Å²) in [7, 11) is 1.90. The van der Waals surface area contributed by atoms with Crippen molar-refractivity contribution in [3.63, 3.8) is 0 Å². The predicted octanol–water partition coefficient (Wildman–Crippen LogP) is 2.50. The lowest BCUT2D eigenvalue weighted by Gasteiger charge is -2.38. The Morgan fingerprint density at radius 2 is 2.14 bits per heavy atom. The molecule has 0 radical (unpaired) electrons. The number of carbonyl (C=O) groups excluding carboxylic acids is 1. The summed E-state index contributed by atoms with van der Waals surface area (Å²) < 4.78 is 5.51. The first kappa shape index (κ1) is 17.3. The summed E-state index contributed by atoms with van der Waals surface area (Å²) >= 11 is 6.15. The third kappa shape index (κ3) is 4.70. The summed E-state index contributed by atoms with van der Waals surface area (Å²) in [5, 5.41) is 6.90. The van der Waals surface area contributed by atoms with Crippen LogP contribution in [0.25, 0.3) is 0 Å². The van der Waals surface area contributed by atoms with Gasteiger partial charge in [-0.05, 0) is 50.6 Å². The van der Waals surface area contributed by atoms with Crippen molar-refractivity contribution in [3.8, 4) is 0 Å². The Balaban J connectivity index is 2.02. The topological polar surface area (TPSA) is 50.4 Å². The fourth-order valence-corrected chi connectivity index (χ4v) is 3.12. The Kier molecular flexibility index (Phi) is 6.68. The minimum absolute atomic E-state index is 0.0676. The van der Waals surface area contributed by atoms with E-state index < -0.39 is 0 Å². The molecule has 0 spiro atoms. The maximum Gasteiger partial charge on any atom is 0.220 e. The number of carbonyl (C=O) groups is 1. The average molecular weight is 325 g/mol. The zero-order chi connectivity index (χ0) is 15.8. The van der Waals surface area contributed by atoms with Crippen molar-refractivity contribution in [2.75, 3.05) is 33.4 Å². The minimum atomic E-state index is -0.0676. The van der Waals surface area contributed by atoms with E-state index >= 15 is 0 Å². The summed E-state index contributed by atoms with van der Waals surface area (Å²) in [5.74, 6) is 0.114. The zero-order valence-corrected chi connectivity index (χ0v) is 13.9. The fourth-order valence-electron chi connectivity index (χ4n) is 2.93. The molecule has 0 aromatic heterocycles. The molecule has 0 atom stereocenters. The number of hydrogen-bond donors (Lipinski definition) is 2. The largest absolute Gasteiger partial charge is 0.381 e. The second-order valence-corrected chi connectivity index (χ2v) is 6.32. The summed E-state index contributed by atoms with van der Waals surface area (Å²) in [5.41, 5.74) is 1.13. The highest BCUT2D eigenvalue weighted by molar-refractivity contribution is 6.30. The molecule has 1 aliphatic heterocycles. The summed E-state index contributed by atoms with van der Waals surface area (Å²) in [6.45, 7) is 2.96. The molecule has 1 aromatic carbocycles. The van der Waals surface area contributed by atoms with Crippen molar-refractivity contribution in [1.29, 1.82) is 0 Å². The van der Waals surface area contributed by atoms with Crippen LogP contribution in [0.5, 0.6) is 0 Å². The molecule has 1 saturated heterocycles. The lowest BCUT2D eigenvalue weighted by atomic mass is 9.74. The van der Waals surface area contributed by atoms with Crippen molar-refractivity contribution in [2.45, 2.75) is 31.1 Å². The number of rotatable bonds is 7. The van der Waals surface area contributed by atoms with E-state index in [-0.39, 0.29) is 11.3 Å². The normalized spacial score (nSPS) is 17.2. The van der Waals surface area contributed by atoms with Gasteiger partial charge in [-0.3, -0.25) is 4.79 Å². The molecule has 2 rings (SSSR count). The van der Waals surface area contributed by atoms with Gasteiger partial charge in [0, 0.05) is 36.6 Å². The molecule has 2 N–H and O–H groups in total. The van der Waals surface area contributed by atoms with Gasteiger partial charge < -0.3 is 15.4 Å². The fraction of sp³-hybridized carbons (Fsp3) is 0.588. The van der Waals surface area contributed by atoms with Crippen molar-refractivity contribution in [1.82, 2.24) is 10.6 Å². The Hall–Kier alpha value is -1.10. The first-order valence-electron chi connectivity index (χ1n) is 7.91. The van der Waals surface area contributed by atoms with E-state index in [4.69, 9.17) is 16.3 Å². The van der Waals surface area contributed by atoms with E-state index in [0.717, 1.165) is 44.0 Å². The molecule has 0 bridgehead atoms. The van der Waals surface area contributed by atoms with E-state index in [1.54, 1.807) is 0 Å². The molecule has 4 nitrogen and oxygen atoms in total. The maximum absolute atomic E-state index is 12.0. The van der Waals surface area contributed by atoms with E-state index in [1.165, 1.54) is 5.56 Å². The lowest BCUT2D eigenvalue weighted by Crippen LogP contribution is -2.44. The van der Waals surface area contributed by atoms with Crippen molar-refractivity contribution < 1.29 is 9.53 Å². The van der Waals surface area contributed by atoms with Gasteiger partial charge in [-0.2, -0.15) is 0 Å². The van der Waals surface area contributed by atoms with Gasteiger partial charge >= 0.3 is 0 Å². The van der Waals surface area contributed by atoms with Gasteiger partial charge in [-0.25, -0.2) is 0 Å². The van der Waals surface area contributed by atoms with Gasteiger partial charge in [0.05, 0.1) is 0 Å². The SMILES string of the molecule is CNCCCC(=O)NCC1(c2cccc(Cl)c2)CCOCC1. The molecule has 1 heterocycles. The molecule has 0 unspecified atom stereocenters. The third-order valence-corrected chi connectivity index (χ3v) is 4.58. The molecule has 1 aromatic rings. The van der Waals surface area contributed by atoms with Crippen molar-refractivity contribution in [3.05, 3.63) is 34.9 Å². The second kappa shape index (κ2) is 8.51. The molecule has 5 heteroatoms. The zero-order valence-electron chi connectivity index (χ0n) is 13.2. The Labute approximate surface area is 137 Å². The van der Waals surface area contributed by atoms with Crippen molar-refractivity contribution >= 4 is 17.5 Å². The van der Waals surface area contributed by atoms with E-state index in [1.807, 2.05) is 25.2 Å². The minimum Gasteiger partial charge on any atom is -0.381 e. The first-order chi connectivity index (χ1) is 10.7. The quantitative estimate of drug-likeness (QED) is 0.758. The van der Waals surface area contributed by atoms with Gasteiger partial charge in [0.2, 0.25) is 5.91 Å². The second-order valence-electron chi connectivity index (χ2n) is 5.89. The molecular weight excluding hydrogens is 300 g/mol. The van der Waals surface area contributed by atoms with Crippen LogP contribution < -0.4 is 10.6 Å². The number of hydrogen-bond acceptors (Lipinski definition) is 3. The molecule has 122 valence electrons. The molecule has 1 amide bonds. The first-order valence-corrected chi connectivity index (χ1v) is 8.29. The van der Waals surface area contributed by atoms with Crippen LogP contribution in [0.2, 0.25) is 5.02 Å². The van der Waals surface area contributed by atoms with E-state index in [2.05, 4.69) is 16.7 Å². The number of benzene rings is 1. The molecule has 0 aliphatic carbocycles. The summed E-state index contributed by atoms with van der Waals surface area (Å²) in [6.07, 6.45) is 3.23. The van der Waals surface area contributed by atoms with Crippen LogP contribution >= 0.6 is 11.6 Å². The van der Waals surface area contributed by atoms with Crippen LogP contribution in [0.1, 0.15) is 31.2 Å². The Morgan fingerprint density at radius 3 is 2.82 bits per heavy atom. The third-order valence-electron chi connectivity index (χ3n) is 4.34. The summed E-state index contributed by atoms with van der Waals surface area (Å²) in [6, 6.07) is 7.97. The van der Waals surface area contributed by atoms with Crippen LogP contribution in [-0.2, 0) is 14.9 Å². The highest BCUT2D eigenvalue weighted by Crippen LogP contribution is 2.35. The number of halogens is 1. The van der Waals surface area contributed by atoms with Gasteiger partial charge in [-0.15, -0.1) is 0 Å².